The van der Waals surface area contributed by atoms with Crippen LogP contribution in [0.5, 0.6) is 0 Å². The lowest BCUT2D eigenvalue weighted by Gasteiger charge is -2.09. The third-order valence-corrected chi connectivity index (χ3v) is 5.40. The second-order valence-corrected chi connectivity index (χ2v) is 7.35. The van der Waals surface area contributed by atoms with Gasteiger partial charge in [0.25, 0.3) is 0 Å². The van der Waals surface area contributed by atoms with Crippen LogP contribution >= 0.6 is 0 Å². The molecule has 0 aliphatic carbocycles. The molecule has 0 saturated carbocycles. The fourth-order valence-electron chi connectivity index (χ4n) is 3.75. The van der Waals surface area contributed by atoms with E-state index in [2.05, 4.69) is 58.6 Å². The fraction of sp³-hybridized carbons (Fsp3) is 0.0769. The van der Waals surface area contributed by atoms with Gasteiger partial charge in [-0.3, -0.25) is 0 Å². The topological polar surface area (TPSA) is 42.7 Å². The SMILES string of the molecule is CCc1ccc(Nc2ncnc3c2c(-c2ccccc2)cn3-c2ccc(F)cc2)cc1. The van der Waals surface area contributed by atoms with Crippen molar-refractivity contribution in [2.24, 2.45) is 0 Å². The molecule has 0 fully saturated rings. The number of fused-ring (bicyclic) bond motifs is 1. The lowest BCUT2D eigenvalue weighted by molar-refractivity contribution is 0.627. The van der Waals surface area contributed by atoms with Gasteiger partial charge in [0.1, 0.15) is 18.0 Å². The molecule has 1 N–H and O–H groups in total. The molecule has 2 aromatic heterocycles. The van der Waals surface area contributed by atoms with Crippen LogP contribution in [0.4, 0.5) is 15.9 Å². The third kappa shape index (κ3) is 3.66. The highest BCUT2D eigenvalue weighted by molar-refractivity contribution is 6.03. The van der Waals surface area contributed by atoms with Gasteiger partial charge in [-0.25, -0.2) is 14.4 Å². The minimum absolute atomic E-state index is 0.268. The molecule has 0 saturated heterocycles. The lowest BCUT2D eigenvalue weighted by atomic mass is 10.1. The quantitative estimate of drug-likeness (QED) is 0.359. The van der Waals surface area contributed by atoms with Gasteiger partial charge >= 0.3 is 0 Å². The highest BCUT2D eigenvalue weighted by Crippen LogP contribution is 2.36. The normalized spacial score (nSPS) is 11.0. The van der Waals surface area contributed by atoms with Crippen molar-refractivity contribution in [1.29, 1.82) is 0 Å². The number of nitrogens with zero attached hydrogens (tertiary/aromatic N) is 3. The Bertz CT molecular complexity index is 1320. The van der Waals surface area contributed by atoms with E-state index in [1.807, 2.05) is 29.0 Å². The van der Waals surface area contributed by atoms with Gasteiger partial charge in [0.2, 0.25) is 0 Å². The maximum atomic E-state index is 13.5. The van der Waals surface area contributed by atoms with Crippen LogP contribution in [-0.2, 0) is 6.42 Å². The summed E-state index contributed by atoms with van der Waals surface area (Å²) in [5.41, 5.74) is 5.91. The van der Waals surface area contributed by atoms with Crippen molar-refractivity contribution in [3.63, 3.8) is 0 Å². The first-order valence-corrected chi connectivity index (χ1v) is 10.3. The number of nitrogens with one attached hydrogen (secondary N) is 1. The highest BCUT2D eigenvalue weighted by atomic mass is 19.1. The third-order valence-electron chi connectivity index (χ3n) is 5.40. The number of anilines is 2. The maximum absolute atomic E-state index is 13.5. The van der Waals surface area contributed by atoms with E-state index in [9.17, 15) is 4.39 Å². The Hall–Kier alpha value is -3.99. The van der Waals surface area contributed by atoms with E-state index in [-0.39, 0.29) is 5.82 Å². The van der Waals surface area contributed by atoms with E-state index >= 15 is 0 Å². The molecule has 0 spiro atoms. The molecular formula is C26H21FN4. The van der Waals surface area contributed by atoms with Crippen molar-refractivity contribution in [2.45, 2.75) is 13.3 Å². The Balaban J connectivity index is 1.70. The lowest BCUT2D eigenvalue weighted by Crippen LogP contribution is -1.98. The summed E-state index contributed by atoms with van der Waals surface area (Å²) in [7, 11) is 0. The standard InChI is InChI=1S/C26H21FN4/c1-2-18-8-12-21(13-9-18)30-25-24-23(19-6-4-3-5-7-19)16-31(26(24)29-17-28-25)22-14-10-20(27)11-15-22/h3-17H,2H2,1H3,(H,28,29,30). The van der Waals surface area contributed by atoms with Crippen LogP contribution in [0.25, 0.3) is 27.8 Å². The second kappa shape index (κ2) is 8.03. The molecule has 0 atom stereocenters. The molecule has 4 nitrogen and oxygen atoms in total. The minimum Gasteiger partial charge on any atom is -0.340 e. The van der Waals surface area contributed by atoms with Crippen LogP contribution in [0.15, 0.2) is 91.4 Å². The predicted molar refractivity (Wildman–Crippen MR) is 123 cm³/mol. The molecule has 31 heavy (non-hydrogen) atoms. The molecule has 3 aromatic carbocycles. The Morgan fingerprint density at radius 3 is 2.32 bits per heavy atom. The summed E-state index contributed by atoms with van der Waals surface area (Å²) in [6.07, 6.45) is 4.59. The van der Waals surface area contributed by atoms with Gasteiger partial charge in [0.05, 0.1) is 5.39 Å². The van der Waals surface area contributed by atoms with Gasteiger partial charge in [-0.15, -0.1) is 0 Å². The van der Waals surface area contributed by atoms with Gasteiger partial charge in [0, 0.05) is 23.1 Å². The van der Waals surface area contributed by atoms with E-state index in [0.717, 1.165) is 45.8 Å². The van der Waals surface area contributed by atoms with Gasteiger partial charge in [-0.05, 0) is 53.9 Å². The van der Waals surface area contributed by atoms with E-state index in [1.165, 1.54) is 17.7 Å². The van der Waals surface area contributed by atoms with Crippen molar-refractivity contribution in [1.82, 2.24) is 14.5 Å². The van der Waals surface area contributed by atoms with Crippen LogP contribution in [0.1, 0.15) is 12.5 Å². The molecule has 0 unspecified atom stereocenters. The monoisotopic (exact) mass is 408 g/mol. The average molecular weight is 408 g/mol. The number of hydrogen-bond acceptors (Lipinski definition) is 3. The van der Waals surface area contributed by atoms with E-state index in [4.69, 9.17) is 0 Å². The first-order valence-electron chi connectivity index (χ1n) is 10.3. The molecule has 0 bridgehead atoms. The van der Waals surface area contributed by atoms with Crippen LogP contribution in [0.3, 0.4) is 0 Å². The Morgan fingerprint density at radius 1 is 0.871 bits per heavy atom. The summed E-state index contributed by atoms with van der Waals surface area (Å²) in [6, 6.07) is 24.9. The van der Waals surface area contributed by atoms with Gasteiger partial charge in [-0.1, -0.05) is 49.4 Å². The zero-order chi connectivity index (χ0) is 21.2. The van der Waals surface area contributed by atoms with Gasteiger partial charge in [0.15, 0.2) is 5.65 Å². The summed E-state index contributed by atoms with van der Waals surface area (Å²) in [5.74, 6) is 0.463. The average Bonchev–Trinajstić information content (AvgIpc) is 3.21. The van der Waals surface area contributed by atoms with E-state index in [0.29, 0.717) is 0 Å². The van der Waals surface area contributed by atoms with Crippen molar-refractivity contribution >= 4 is 22.5 Å². The zero-order valence-electron chi connectivity index (χ0n) is 17.1. The molecule has 0 aliphatic rings. The smallest absolute Gasteiger partial charge is 0.150 e. The number of rotatable bonds is 5. The number of aryl methyl sites for hydroxylation is 1. The van der Waals surface area contributed by atoms with Gasteiger partial charge in [-0.2, -0.15) is 0 Å². The van der Waals surface area contributed by atoms with Crippen molar-refractivity contribution in [3.05, 3.63) is 103 Å². The number of halogens is 1. The van der Waals surface area contributed by atoms with E-state index < -0.39 is 0 Å². The summed E-state index contributed by atoms with van der Waals surface area (Å²) in [4.78, 5) is 9.13. The number of aromatic nitrogens is 3. The summed E-state index contributed by atoms with van der Waals surface area (Å²) < 4.78 is 15.5. The summed E-state index contributed by atoms with van der Waals surface area (Å²) in [5, 5.41) is 4.37. The summed E-state index contributed by atoms with van der Waals surface area (Å²) in [6.45, 7) is 2.14. The van der Waals surface area contributed by atoms with Crippen molar-refractivity contribution in [3.8, 4) is 16.8 Å². The molecule has 0 aliphatic heterocycles. The Labute approximate surface area is 180 Å². The molecule has 0 radical (unpaired) electrons. The fourth-order valence-corrected chi connectivity index (χ4v) is 3.75. The minimum atomic E-state index is -0.268. The number of benzene rings is 3. The van der Waals surface area contributed by atoms with Crippen LogP contribution in [-0.4, -0.2) is 14.5 Å². The Kier molecular flexibility index (Phi) is 4.92. The first kappa shape index (κ1) is 19.0. The first-order chi connectivity index (χ1) is 15.2. The van der Waals surface area contributed by atoms with Crippen LogP contribution in [0.2, 0.25) is 0 Å². The van der Waals surface area contributed by atoms with E-state index in [1.54, 1.807) is 18.5 Å². The largest absolute Gasteiger partial charge is 0.340 e. The predicted octanol–water partition coefficient (Wildman–Crippen LogP) is 6.53. The molecule has 5 aromatic rings. The summed E-state index contributed by atoms with van der Waals surface area (Å²) >= 11 is 0. The molecule has 5 rings (SSSR count). The second-order valence-electron chi connectivity index (χ2n) is 7.35. The number of hydrogen-bond donors (Lipinski definition) is 1. The van der Waals surface area contributed by atoms with Crippen LogP contribution in [0, 0.1) is 5.82 Å². The van der Waals surface area contributed by atoms with Crippen molar-refractivity contribution < 1.29 is 4.39 Å². The van der Waals surface area contributed by atoms with Gasteiger partial charge < -0.3 is 9.88 Å². The zero-order valence-corrected chi connectivity index (χ0v) is 17.1. The molecule has 5 heteroatoms. The highest BCUT2D eigenvalue weighted by Gasteiger charge is 2.17. The van der Waals surface area contributed by atoms with Crippen LogP contribution < -0.4 is 5.32 Å². The Morgan fingerprint density at radius 2 is 1.61 bits per heavy atom. The molecule has 2 heterocycles. The maximum Gasteiger partial charge on any atom is 0.150 e. The molecular weight excluding hydrogens is 387 g/mol. The van der Waals surface area contributed by atoms with Crippen molar-refractivity contribution in [2.75, 3.05) is 5.32 Å². The molecule has 0 amide bonds. The molecule has 152 valence electrons.